The van der Waals surface area contributed by atoms with E-state index in [4.69, 9.17) is 25.9 Å². The molecule has 0 saturated heterocycles. The van der Waals surface area contributed by atoms with Gasteiger partial charge in [-0.25, -0.2) is 0 Å². The van der Waals surface area contributed by atoms with E-state index in [1.807, 2.05) is 24.3 Å². The number of amides is 2. The molecule has 0 fully saturated rings. The molecule has 2 heterocycles. The Morgan fingerprint density at radius 3 is 2.74 bits per heavy atom. The van der Waals surface area contributed by atoms with Gasteiger partial charge in [-0.1, -0.05) is 29.8 Å². The van der Waals surface area contributed by atoms with Gasteiger partial charge < -0.3 is 19.2 Å². The van der Waals surface area contributed by atoms with Crippen molar-refractivity contribution in [2.24, 2.45) is 0 Å². The number of unbranched alkanes of at least 4 members (excludes halogenated alkanes) is 1. The molecule has 0 atom stereocenters. The van der Waals surface area contributed by atoms with Gasteiger partial charge in [-0.05, 0) is 42.7 Å². The van der Waals surface area contributed by atoms with E-state index in [1.54, 1.807) is 30.0 Å². The Balaban J connectivity index is 1.56. The summed E-state index contributed by atoms with van der Waals surface area (Å²) in [4.78, 5) is 29.7. The van der Waals surface area contributed by atoms with E-state index in [2.05, 4.69) is 10.2 Å². The lowest BCUT2D eigenvalue weighted by Crippen LogP contribution is -2.40. The summed E-state index contributed by atoms with van der Waals surface area (Å²) in [6, 6.07) is 12.2. The molecule has 10 heteroatoms. The minimum absolute atomic E-state index is 0.111. The molecule has 34 heavy (non-hydrogen) atoms. The Kier molecular flexibility index (Phi) is 7.44. The molecular formula is C24H25ClN4O5. The van der Waals surface area contributed by atoms with E-state index in [0.717, 1.165) is 5.56 Å². The zero-order valence-corrected chi connectivity index (χ0v) is 19.5. The average Bonchev–Trinajstić information content (AvgIpc) is 3.18. The van der Waals surface area contributed by atoms with Gasteiger partial charge in [-0.2, -0.15) is 0 Å². The third-order valence-corrected chi connectivity index (χ3v) is 5.73. The van der Waals surface area contributed by atoms with Gasteiger partial charge >= 0.3 is 0 Å². The predicted molar refractivity (Wildman–Crippen MR) is 125 cm³/mol. The summed E-state index contributed by atoms with van der Waals surface area (Å²) in [7, 11) is 0. The van der Waals surface area contributed by atoms with Crippen molar-refractivity contribution in [3.8, 4) is 5.75 Å². The van der Waals surface area contributed by atoms with Crippen LogP contribution in [0.3, 0.4) is 0 Å². The number of aromatic nitrogens is 2. The van der Waals surface area contributed by atoms with E-state index in [-0.39, 0.29) is 42.1 Å². The molecule has 178 valence electrons. The smallest absolute Gasteiger partial charge is 0.260 e. The third-order valence-electron chi connectivity index (χ3n) is 5.42. The summed E-state index contributed by atoms with van der Waals surface area (Å²) in [5.41, 5.74) is 1.73. The highest BCUT2D eigenvalue weighted by Gasteiger charge is 2.31. The van der Waals surface area contributed by atoms with Gasteiger partial charge in [0, 0.05) is 25.8 Å². The van der Waals surface area contributed by atoms with Crippen molar-refractivity contribution < 1.29 is 23.8 Å². The van der Waals surface area contributed by atoms with E-state index >= 15 is 0 Å². The Morgan fingerprint density at radius 2 is 2.00 bits per heavy atom. The maximum absolute atomic E-state index is 13.5. The van der Waals surface area contributed by atoms with Crippen molar-refractivity contribution in [1.82, 2.24) is 15.1 Å². The molecule has 9 nitrogen and oxygen atoms in total. The fraction of sp³-hybridized carbons (Fsp3) is 0.333. The van der Waals surface area contributed by atoms with Crippen molar-refractivity contribution in [3.05, 3.63) is 70.4 Å². The molecule has 0 saturated carbocycles. The van der Waals surface area contributed by atoms with Gasteiger partial charge in [0.1, 0.15) is 12.3 Å². The lowest BCUT2D eigenvalue weighted by atomic mass is 10.1. The Bertz CT molecular complexity index is 1180. The molecule has 0 unspecified atom stereocenters. The van der Waals surface area contributed by atoms with Crippen molar-refractivity contribution >= 4 is 29.1 Å². The van der Waals surface area contributed by atoms with E-state index in [9.17, 15) is 9.59 Å². The molecule has 2 aromatic carbocycles. The second kappa shape index (κ2) is 10.7. The Labute approximate surface area is 201 Å². The van der Waals surface area contributed by atoms with Crippen LogP contribution in [0.1, 0.15) is 40.5 Å². The van der Waals surface area contributed by atoms with Crippen molar-refractivity contribution in [1.29, 1.82) is 0 Å². The van der Waals surface area contributed by atoms with Gasteiger partial charge in [0.25, 0.3) is 5.91 Å². The highest BCUT2D eigenvalue weighted by Crippen LogP contribution is 2.30. The topological polar surface area (TPSA) is 109 Å². The molecule has 3 aromatic rings. The fourth-order valence-corrected chi connectivity index (χ4v) is 3.97. The molecule has 0 bridgehead atoms. The number of anilines is 1. The number of ether oxygens (including phenoxy) is 1. The summed E-state index contributed by atoms with van der Waals surface area (Å²) in [6.45, 7) is 2.53. The molecule has 1 aliphatic rings. The molecular weight excluding hydrogens is 460 g/mol. The van der Waals surface area contributed by atoms with Crippen LogP contribution in [-0.2, 0) is 17.9 Å². The van der Waals surface area contributed by atoms with E-state index < -0.39 is 0 Å². The summed E-state index contributed by atoms with van der Waals surface area (Å²) >= 11 is 6.44. The number of hydrogen-bond acceptors (Lipinski definition) is 7. The second-order valence-electron chi connectivity index (χ2n) is 7.91. The summed E-state index contributed by atoms with van der Waals surface area (Å²) in [5, 5.41) is 16.9. The quantitative estimate of drug-likeness (QED) is 0.488. The van der Waals surface area contributed by atoms with Crippen LogP contribution in [0.5, 0.6) is 5.75 Å². The van der Waals surface area contributed by atoms with Crippen LogP contribution in [0, 0.1) is 6.92 Å². The number of nitrogens with zero attached hydrogens (tertiary/aromatic N) is 4. The molecule has 1 N–H and O–H groups in total. The van der Waals surface area contributed by atoms with Gasteiger partial charge in [0.15, 0.2) is 0 Å². The molecule has 0 aliphatic carbocycles. The lowest BCUT2D eigenvalue weighted by Gasteiger charge is -2.23. The maximum atomic E-state index is 13.5. The predicted octanol–water partition coefficient (Wildman–Crippen LogP) is 3.37. The van der Waals surface area contributed by atoms with Crippen LogP contribution in [0.15, 0.2) is 46.9 Å². The number of rotatable bonds is 8. The average molecular weight is 485 g/mol. The first-order valence-electron chi connectivity index (χ1n) is 11.0. The molecule has 1 aromatic heterocycles. The monoisotopic (exact) mass is 484 g/mol. The number of aryl methyl sites for hydroxylation is 1. The summed E-state index contributed by atoms with van der Waals surface area (Å²) in [6.07, 6.45) is 1.36. The van der Waals surface area contributed by atoms with Gasteiger partial charge in [-0.3, -0.25) is 14.5 Å². The minimum atomic E-state index is -0.381. The van der Waals surface area contributed by atoms with Crippen LogP contribution >= 0.6 is 11.6 Å². The Morgan fingerprint density at radius 1 is 1.18 bits per heavy atom. The third kappa shape index (κ3) is 5.37. The molecule has 2 amide bonds. The Hall–Kier alpha value is -3.43. The number of aliphatic hydroxyl groups excluding tert-OH is 1. The van der Waals surface area contributed by atoms with Crippen LogP contribution in [0.25, 0.3) is 0 Å². The standard InChI is InChI=1S/C24H25ClN4O5/c1-16-26-27-22(34-16)14-28-13-17-6-2-3-7-21(17)29(15-23(28)31)24(32)19-9-8-18(12-20(19)25)33-11-5-4-10-30/h2-3,6-9,12,30H,4-5,10-11,13-15H2,1H3. The van der Waals surface area contributed by atoms with Crippen LogP contribution < -0.4 is 9.64 Å². The zero-order valence-electron chi connectivity index (χ0n) is 18.7. The molecule has 1 aliphatic heterocycles. The highest BCUT2D eigenvalue weighted by atomic mass is 35.5. The molecule has 0 spiro atoms. The van der Waals surface area contributed by atoms with Crippen molar-refractivity contribution in [2.75, 3.05) is 24.7 Å². The zero-order chi connectivity index (χ0) is 24.1. The second-order valence-corrected chi connectivity index (χ2v) is 8.31. The van der Waals surface area contributed by atoms with Gasteiger partial charge in [-0.15, -0.1) is 10.2 Å². The number of benzene rings is 2. The first-order valence-corrected chi connectivity index (χ1v) is 11.3. The minimum Gasteiger partial charge on any atom is -0.494 e. The number of aliphatic hydroxyl groups is 1. The fourth-order valence-electron chi connectivity index (χ4n) is 3.72. The van der Waals surface area contributed by atoms with Gasteiger partial charge in [0.05, 0.1) is 23.7 Å². The number of carbonyl (C=O) groups excluding carboxylic acids is 2. The first-order chi connectivity index (χ1) is 16.5. The number of para-hydroxylation sites is 1. The van der Waals surface area contributed by atoms with Crippen LogP contribution in [-0.4, -0.2) is 51.8 Å². The number of carbonyl (C=O) groups is 2. The summed E-state index contributed by atoms with van der Waals surface area (Å²) in [5.74, 6) is 0.659. The number of halogens is 1. The van der Waals surface area contributed by atoms with E-state index in [1.165, 1.54) is 4.90 Å². The van der Waals surface area contributed by atoms with E-state index in [0.29, 0.717) is 49.2 Å². The van der Waals surface area contributed by atoms with Gasteiger partial charge in [0.2, 0.25) is 17.7 Å². The molecule has 4 rings (SSSR count). The molecule has 0 radical (unpaired) electrons. The lowest BCUT2D eigenvalue weighted by molar-refractivity contribution is -0.131. The van der Waals surface area contributed by atoms with Crippen molar-refractivity contribution in [3.63, 3.8) is 0 Å². The largest absolute Gasteiger partial charge is 0.494 e. The number of hydrogen-bond donors (Lipinski definition) is 1. The maximum Gasteiger partial charge on any atom is 0.260 e. The normalized spacial score (nSPS) is 13.6. The highest BCUT2D eigenvalue weighted by molar-refractivity contribution is 6.34. The van der Waals surface area contributed by atoms with Crippen LogP contribution in [0.2, 0.25) is 5.02 Å². The SMILES string of the molecule is Cc1nnc(CN2Cc3ccccc3N(C(=O)c3ccc(OCCCCO)cc3Cl)CC2=O)o1. The van der Waals surface area contributed by atoms with Crippen molar-refractivity contribution in [2.45, 2.75) is 32.9 Å². The first kappa shape index (κ1) is 23.7. The van der Waals surface area contributed by atoms with Crippen LogP contribution in [0.4, 0.5) is 5.69 Å². The number of fused-ring (bicyclic) bond motifs is 1. The summed E-state index contributed by atoms with van der Waals surface area (Å²) < 4.78 is 11.1.